The van der Waals surface area contributed by atoms with Crippen molar-refractivity contribution in [2.24, 2.45) is 0 Å². The van der Waals surface area contributed by atoms with Crippen LogP contribution in [0.25, 0.3) is 0 Å². The third-order valence-corrected chi connectivity index (χ3v) is 1.89. The van der Waals surface area contributed by atoms with E-state index in [9.17, 15) is 13.6 Å². The van der Waals surface area contributed by atoms with Gasteiger partial charge >= 0.3 is 6.29 Å². The van der Waals surface area contributed by atoms with Gasteiger partial charge in [-0.2, -0.15) is 0 Å². The molecule has 80 valence electrons. The summed E-state index contributed by atoms with van der Waals surface area (Å²) in [5, 5.41) is 0. The van der Waals surface area contributed by atoms with Crippen LogP contribution in [0, 0.1) is 0 Å². The largest absolute Gasteiger partial charge is 0.586 e. The van der Waals surface area contributed by atoms with Crippen LogP contribution in [0.2, 0.25) is 0 Å². The van der Waals surface area contributed by atoms with Gasteiger partial charge in [0.15, 0.2) is 17.8 Å². The fraction of sp³-hybridized carbons (Fsp3) is 0.222. The molecule has 0 aromatic heterocycles. The van der Waals surface area contributed by atoms with Gasteiger partial charge in [-0.15, -0.1) is 8.78 Å². The van der Waals surface area contributed by atoms with Crippen molar-refractivity contribution in [2.75, 3.05) is 7.11 Å². The molecule has 0 spiro atoms. The van der Waals surface area contributed by atoms with Crippen molar-refractivity contribution in [3.63, 3.8) is 0 Å². The van der Waals surface area contributed by atoms with Crippen LogP contribution in [0.3, 0.4) is 0 Å². The summed E-state index contributed by atoms with van der Waals surface area (Å²) in [5.74, 6) is -0.464. The van der Waals surface area contributed by atoms with Crippen LogP contribution in [0.1, 0.15) is 10.4 Å². The number of halogens is 2. The lowest BCUT2D eigenvalue weighted by Gasteiger charge is -2.07. The number of carbonyl (C=O) groups is 1. The lowest BCUT2D eigenvalue weighted by atomic mass is 10.2. The molecule has 0 bridgehead atoms. The normalized spacial score (nSPS) is 16.2. The molecule has 2 rings (SSSR count). The number of hydrogen-bond acceptors (Lipinski definition) is 4. The van der Waals surface area contributed by atoms with Crippen LogP contribution in [-0.4, -0.2) is 19.7 Å². The van der Waals surface area contributed by atoms with Crippen LogP contribution in [-0.2, 0) is 0 Å². The van der Waals surface area contributed by atoms with Gasteiger partial charge in [-0.3, -0.25) is 4.79 Å². The molecule has 0 aliphatic carbocycles. The Labute approximate surface area is 83.4 Å². The maximum atomic E-state index is 12.7. The third-order valence-electron chi connectivity index (χ3n) is 1.89. The molecule has 1 aromatic carbocycles. The summed E-state index contributed by atoms with van der Waals surface area (Å²) >= 11 is 0. The van der Waals surface area contributed by atoms with E-state index in [1.807, 2.05) is 0 Å². The average Bonchev–Trinajstić information content (AvgIpc) is 2.50. The number of methoxy groups -OCH3 is 1. The van der Waals surface area contributed by atoms with Crippen molar-refractivity contribution in [1.82, 2.24) is 0 Å². The first-order chi connectivity index (χ1) is 7.07. The van der Waals surface area contributed by atoms with E-state index >= 15 is 0 Å². The summed E-state index contributed by atoms with van der Waals surface area (Å²) in [6.07, 6.45) is -3.23. The van der Waals surface area contributed by atoms with Gasteiger partial charge in [-0.05, 0) is 12.1 Å². The predicted octanol–water partition coefficient (Wildman–Crippen LogP) is 1.83. The minimum Gasteiger partial charge on any atom is -0.492 e. The molecular weight excluding hydrogens is 210 g/mol. The fourth-order valence-electron chi connectivity index (χ4n) is 1.31. The van der Waals surface area contributed by atoms with Gasteiger partial charge in [0.05, 0.1) is 12.7 Å². The summed E-state index contributed by atoms with van der Waals surface area (Å²) in [6.45, 7) is 0. The number of benzene rings is 1. The van der Waals surface area contributed by atoms with Crippen molar-refractivity contribution in [3.05, 3.63) is 17.7 Å². The second kappa shape index (κ2) is 3.08. The number of carbonyl (C=O) groups excluding carboxylic acids is 1. The second-order valence-corrected chi connectivity index (χ2v) is 2.80. The third kappa shape index (κ3) is 1.47. The topological polar surface area (TPSA) is 44.8 Å². The Kier molecular flexibility index (Phi) is 1.99. The summed E-state index contributed by atoms with van der Waals surface area (Å²) in [7, 11) is 1.25. The quantitative estimate of drug-likeness (QED) is 0.707. The molecule has 0 fully saturated rings. The maximum Gasteiger partial charge on any atom is 0.586 e. The highest BCUT2D eigenvalue weighted by molar-refractivity contribution is 5.82. The number of fused-ring (bicyclic) bond motifs is 1. The Bertz CT molecular complexity index is 417. The van der Waals surface area contributed by atoms with Gasteiger partial charge in [0, 0.05) is 0 Å². The molecular formula is C9H6F2O4. The summed E-state index contributed by atoms with van der Waals surface area (Å²) in [6, 6.07) is 2.54. The van der Waals surface area contributed by atoms with Gasteiger partial charge in [-0.25, -0.2) is 0 Å². The molecule has 1 aromatic rings. The highest BCUT2D eigenvalue weighted by Gasteiger charge is 2.45. The van der Waals surface area contributed by atoms with E-state index in [0.717, 1.165) is 0 Å². The Morgan fingerprint density at radius 1 is 1.40 bits per heavy atom. The van der Waals surface area contributed by atoms with Gasteiger partial charge < -0.3 is 14.2 Å². The van der Waals surface area contributed by atoms with Gasteiger partial charge in [0.2, 0.25) is 5.75 Å². The van der Waals surface area contributed by atoms with E-state index in [0.29, 0.717) is 6.29 Å². The minimum atomic E-state index is -3.71. The Morgan fingerprint density at radius 2 is 2.13 bits per heavy atom. The molecule has 6 heteroatoms. The smallest absolute Gasteiger partial charge is 0.492 e. The SMILES string of the molecule is COc1c(C=O)ccc2c1OC(F)(F)O2. The second-order valence-electron chi connectivity index (χ2n) is 2.80. The number of hydrogen-bond donors (Lipinski definition) is 0. The van der Waals surface area contributed by atoms with Gasteiger partial charge in [0.25, 0.3) is 0 Å². The lowest BCUT2D eigenvalue weighted by molar-refractivity contribution is -0.287. The molecule has 0 amide bonds. The first-order valence-corrected chi connectivity index (χ1v) is 3.99. The molecule has 1 aliphatic heterocycles. The van der Waals surface area contributed by atoms with Crippen LogP contribution >= 0.6 is 0 Å². The van der Waals surface area contributed by atoms with E-state index in [1.54, 1.807) is 0 Å². The molecule has 15 heavy (non-hydrogen) atoms. The van der Waals surface area contributed by atoms with E-state index in [2.05, 4.69) is 9.47 Å². The van der Waals surface area contributed by atoms with E-state index in [4.69, 9.17) is 4.74 Å². The summed E-state index contributed by atoms with van der Waals surface area (Å²) < 4.78 is 38.6. The molecule has 1 aliphatic rings. The first-order valence-electron chi connectivity index (χ1n) is 3.99. The zero-order valence-corrected chi connectivity index (χ0v) is 7.62. The van der Waals surface area contributed by atoms with Crippen LogP contribution in [0.15, 0.2) is 12.1 Å². The zero-order chi connectivity index (χ0) is 11.1. The highest BCUT2D eigenvalue weighted by atomic mass is 19.3. The van der Waals surface area contributed by atoms with Crippen molar-refractivity contribution in [3.8, 4) is 17.2 Å². The minimum absolute atomic E-state index is 0.0559. The van der Waals surface area contributed by atoms with E-state index in [-0.39, 0.29) is 22.8 Å². The molecule has 1 heterocycles. The number of alkyl halides is 2. The number of ether oxygens (including phenoxy) is 3. The van der Waals surface area contributed by atoms with Gasteiger partial charge in [0.1, 0.15) is 0 Å². The summed E-state index contributed by atoms with van der Waals surface area (Å²) in [4.78, 5) is 10.6. The highest BCUT2D eigenvalue weighted by Crippen LogP contribution is 2.48. The van der Waals surface area contributed by atoms with Crippen LogP contribution < -0.4 is 14.2 Å². The monoisotopic (exact) mass is 216 g/mol. The maximum absolute atomic E-state index is 12.7. The van der Waals surface area contributed by atoms with Crippen LogP contribution in [0.4, 0.5) is 8.78 Å². The van der Waals surface area contributed by atoms with Gasteiger partial charge in [-0.1, -0.05) is 0 Å². The molecule has 4 nitrogen and oxygen atoms in total. The molecule has 0 radical (unpaired) electrons. The molecule has 0 atom stereocenters. The molecule has 0 N–H and O–H groups in total. The zero-order valence-electron chi connectivity index (χ0n) is 7.62. The van der Waals surface area contributed by atoms with Crippen molar-refractivity contribution < 1.29 is 27.8 Å². The standard InChI is InChI=1S/C9H6F2O4/c1-13-7-5(4-12)2-3-6-8(7)15-9(10,11)14-6/h2-4H,1H3. The van der Waals surface area contributed by atoms with Crippen molar-refractivity contribution in [1.29, 1.82) is 0 Å². The Balaban J connectivity index is 2.55. The van der Waals surface area contributed by atoms with Crippen molar-refractivity contribution in [2.45, 2.75) is 6.29 Å². The van der Waals surface area contributed by atoms with E-state index in [1.165, 1.54) is 19.2 Å². The van der Waals surface area contributed by atoms with Crippen LogP contribution in [0.5, 0.6) is 17.2 Å². The van der Waals surface area contributed by atoms with Crippen molar-refractivity contribution >= 4 is 6.29 Å². The Hall–Kier alpha value is -1.85. The van der Waals surface area contributed by atoms with E-state index < -0.39 is 6.29 Å². The number of aldehydes is 1. The molecule has 0 saturated carbocycles. The summed E-state index contributed by atoms with van der Waals surface area (Å²) in [5.41, 5.74) is 0.123. The number of rotatable bonds is 2. The molecule has 0 unspecified atom stereocenters. The average molecular weight is 216 g/mol. The lowest BCUT2D eigenvalue weighted by Crippen LogP contribution is -2.26. The molecule has 0 saturated heterocycles. The Morgan fingerprint density at radius 3 is 2.73 bits per heavy atom. The fourth-order valence-corrected chi connectivity index (χ4v) is 1.31. The predicted molar refractivity (Wildman–Crippen MR) is 44.6 cm³/mol. The first kappa shape index (κ1) is 9.70.